The fourth-order valence-electron chi connectivity index (χ4n) is 7.04. The van der Waals surface area contributed by atoms with Crippen molar-refractivity contribution in [3.8, 4) is 11.3 Å². The molecule has 4 saturated carbocycles. The number of aromatic nitrogens is 1. The van der Waals surface area contributed by atoms with E-state index in [2.05, 4.69) is 12.2 Å². The average molecular weight is 506 g/mol. The first-order valence-corrected chi connectivity index (χ1v) is 13.4. The van der Waals surface area contributed by atoms with E-state index in [0.717, 1.165) is 49.8 Å². The number of amides is 2. The summed E-state index contributed by atoms with van der Waals surface area (Å²) in [7, 11) is 0. The zero-order chi connectivity index (χ0) is 23.4. The third-order valence-electron chi connectivity index (χ3n) is 7.58. The number of carbonyl (C=O) groups excluding carboxylic acids is 2. The second-order valence-electron chi connectivity index (χ2n) is 10.3. The maximum absolute atomic E-state index is 14.2. The van der Waals surface area contributed by atoms with Gasteiger partial charge in [-0.25, -0.2) is 4.98 Å². The molecule has 8 heteroatoms. The third kappa shape index (κ3) is 4.19. The molecule has 6 rings (SSSR count). The Bertz CT molecular complexity index is 1090. The summed E-state index contributed by atoms with van der Waals surface area (Å²) in [5, 5.41) is 7.07. The Morgan fingerprint density at radius 2 is 1.94 bits per heavy atom. The summed E-state index contributed by atoms with van der Waals surface area (Å²) >= 11 is 13.9. The van der Waals surface area contributed by atoms with Gasteiger partial charge in [-0.15, -0.1) is 11.3 Å². The summed E-state index contributed by atoms with van der Waals surface area (Å²) in [5.41, 5.74) is 0.928. The number of nitrogens with one attached hydrogen (secondary N) is 1. The molecule has 2 amide bonds. The highest BCUT2D eigenvalue weighted by molar-refractivity contribution is 7.14. The fraction of sp³-hybridized carbons (Fsp3) is 0.560. The number of benzene rings is 1. The Morgan fingerprint density at radius 3 is 2.58 bits per heavy atom. The van der Waals surface area contributed by atoms with Gasteiger partial charge in [0, 0.05) is 35.0 Å². The van der Waals surface area contributed by atoms with E-state index in [1.165, 1.54) is 17.8 Å². The molecule has 0 saturated heterocycles. The summed E-state index contributed by atoms with van der Waals surface area (Å²) in [6, 6.07) is 5.38. The second-order valence-corrected chi connectivity index (χ2v) is 12.0. The zero-order valence-electron chi connectivity index (χ0n) is 19.0. The van der Waals surface area contributed by atoms with E-state index in [-0.39, 0.29) is 17.4 Å². The molecule has 1 aromatic heterocycles. The highest BCUT2D eigenvalue weighted by atomic mass is 35.5. The molecule has 2 aromatic rings. The van der Waals surface area contributed by atoms with Crippen molar-refractivity contribution < 1.29 is 9.59 Å². The van der Waals surface area contributed by atoms with Crippen LogP contribution in [-0.2, 0) is 9.59 Å². The van der Waals surface area contributed by atoms with Gasteiger partial charge in [-0.05, 0) is 75.0 Å². The molecule has 1 aromatic carbocycles. The number of halogens is 2. The summed E-state index contributed by atoms with van der Waals surface area (Å²) < 4.78 is 0. The normalized spacial score (nSPS) is 29.8. The maximum atomic E-state index is 14.2. The third-order valence-corrected chi connectivity index (χ3v) is 8.99. The van der Waals surface area contributed by atoms with Crippen molar-refractivity contribution in [3.05, 3.63) is 33.6 Å². The van der Waals surface area contributed by atoms with E-state index in [4.69, 9.17) is 28.2 Å². The average Bonchev–Trinajstić information content (AvgIpc) is 3.19. The first kappa shape index (κ1) is 23.1. The van der Waals surface area contributed by atoms with Crippen LogP contribution in [0.2, 0.25) is 10.0 Å². The van der Waals surface area contributed by atoms with Crippen molar-refractivity contribution in [2.45, 2.75) is 64.3 Å². The fourth-order valence-corrected chi connectivity index (χ4v) is 8.39. The molecular formula is C25H29Cl2N3O2S. The monoisotopic (exact) mass is 505 g/mol. The van der Waals surface area contributed by atoms with Gasteiger partial charge in [0.1, 0.15) is 0 Å². The van der Waals surface area contributed by atoms with Gasteiger partial charge in [-0.2, -0.15) is 0 Å². The lowest BCUT2D eigenvalue weighted by Crippen LogP contribution is -2.66. The predicted molar refractivity (Wildman–Crippen MR) is 134 cm³/mol. The number of rotatable bonds is 6. The SMILES string of the molecule is CCCN(C(=O)C12C[C@H]3C[C@@H](CC(NC(C)=O)(C3)C1)C2)c1nc(-c2ccc(Cl)cc2Cl)cs1. The Morgan fingerprint density at radius 1 is 1.21 bits per heavy atom. The van der Waals surface area contributed by atoms with Gasteiger partial charge in [-0.3, -0.25) is 14.5 Å². The van der Waals surface area contributed by atoms with Crippen LogP contribution < -0.4 is 10.2 Å². The van der Waals surface area contributed by atoms with Gasteiger partial charge in [0.15, 0.2) is 5.13 Å². The zero-order valence-corrected chi connectivity index (χ0v) is 21.3. The number of thiazole rings is 1. The van der Waals surface area contributed by atoms with Gasteiger partial charge in [-0.1, -0.05) is 30.1 Å². The molecule has 0 unspecified atom stereocenters. The molecule has 5 nitrogen and oxygen atoms in total. The molecule has 4 aliphatic carbocycles. The highest BCUT2D eigenvalue weighted by Gasteiger charge is 2.61. The number of hydrogen-bond donors (Lipinski definition) is 1. The molecular weight excluding hydrogens is 477 g/mol. The lowest BCUT2D eigenvalue weighted by atomic mass is 9.46. The summed E-state index contributed by atoms with van der Waals surface area (Å²) in [4.78, 5) is 32.9. The molecule has 4 aliphatic rings. The van der Waals surface area contributed by atoms with E-state index in [1.807, 2.05) is 16.3 Å². The molecule has 1 heterocycles. The van der Waals surface area contributed by atoms with Crippen LogP contribution in [-0.4, -0.2) is 28.9 Å². The summed E-state index contributed by atoms with van der Waals surface area (Å²) in [5.74, 6) is 1.20. The Labute approximate surface area is 208 Å². The minimum Gasteiger partial charge on any atom is -0.351 e. The van der Waals surface area contributed by atoms with Gasteiger partial charge >= 0.3 is 0 Å². The van der Waals surface area contributed by atoms with E-state index in [9.17, 15) is 9.59 Å². The first-order valence-electron chi connectivity index (χ1n) is 11.7. The van der Waals surface area contributed by atoms with E-state index < -0.39 is 5.41 Å². The van der Waals surface area contributed by atoms with E-state index in [1.54, 1.807) is 19.1 Å². The summed E-state index contributed by atoms with van der Waals surface area (Å²) in [6.45, 7) is 4.31. The van der Waals surface area contributed by atoms with Crippen molar-refractivity contribution in [1.82, 2.24) is 10.3 Å². The van der Waals surface area contributed by atoms with Crippen LogP contribution >= 0.6 is 34.5 Å². The van der Waals surface area contributed by atoms with Crippen molar-refractivity contribution in [2.75, 3.05) is 11.4 Å². The predicted octanol–water partition coefficient (Wildman–Crippen LogP) is 6.34. The highest BCUT2D eigenvalue weighted by Crippen LogP contribution is 2.62. The Hall–Kier alpha value is -1.63. The van der Waals surface area contributed by atoms with Crippen molar-refractivity contribution >= 4 is 51.5 Å². The lowest BCUT2D eigenvalue weighted by molar-refractivity contribution is -0.150. The van der Waals surface area contributed by atoms with E-state index in [0.29, 0.717) is 33.6 Å². The Balaban J connectivity index is 1.46. The van der Waals surface area contributed by atoms with Crippen LogP contribution in [0.25, 0.3) is 11.3 Å². The number of carbonyl (C=O) groups is 2. The molecule has 33 heavy (non-hydrogen) atoms. The number of anilines is 1. The lowest BCUT2D eigenvalue weighted by Gasteiger charge is -2.61. The minimum absolute atomic E-state index is 0.00868. The van der Waals surface area contributed by atoms with Crippen molar-refractivity contribution in [3.63, 3.8) is 0 Å². The molecule has 1 N–H and O–H groups in total. The quantitative estimate of drug-likeness (QED) is 0.498. The van der Waals surface area contributed by atoms with Crippen LogP contribution in [0.15, 0.2) is 23.6 Å². The smallest absolute Gasteiger partial charge is 0.235 e. The van der Waals surface area contributed by atoms with Crippen molar-refractivity contribution in [2.24, 2.45) is 17.3 Å². The molecule has 2 atom stereocenters. The number of hydrogen-bond acceptors (Lipinski definition) is 4. The topological polar surface area (TPSA) is 62.3 Å². The molecule has 0 radical (unpaired) electrons. The first-order chi connectivity index (χ1) is 15.7. The van der Waals surface area contributed by atoms with Crippen LogP contribution in [0.3, 0.4) is 0 Å². The van der Waals surface area contributed by atoms with Gasteiger partial charge in [0.25, 0.3) is 0 Å². The maximum Gasteiger partial charge on any atom is 0.235 e. The minimum atomic E-state index is -0.411. The molecule has 0 spiro atoms. The standard InChI is InChI=1S/C25H29Cl2N3O2S/c1-3-6-30(23-28-21(13-33-23)19-5-4-18(26)8-20(19)27)22(32)24-9-16-7-17(10-24)12-25(11-16,14-24)29-15(2)31/h4-5,8,13,16-17H,3,6-7,9-12,14H2,1-2H3,(H,29,31)/t16-,17-,24?,25?/m1/s1. The van der Waals surface area contributed by atoms with Crippen LogP contribution in [0.5, 0.6) is 0 Å². The Kier molecular flexibility index (Phi) is 5.99. The molecule has 0 aliphatic heterocycles. The van der Waals surface area contributed by atoms with E-state index >= 15 is 0 Å². The van der Waals surface area contributed by atoms with Crippen LogP contribution in [0, 0.1) is 17.3 Å². The van der Waals surface area contributed by atoms with Crippen LogP contribution in [0.1, 0.15) is 58.8 Å². The molecule has 4 fully saturated rings. The van der Waals surface area contributed by atoms with Gasteiger partial charge < -0.3 is 5.32 Å². The second kappa shape index (κ2) is 8.54. The van der Waals surface area contributed by atoms with Gasteiger partial charge in [0.05, 0.1) is 16.1 Å². The molecule has 176 valence electrons. The van der Waals surface area contributed by atoms with Crippen LogP contribution in [0.4, 0.5) is 5.13 Å². The number of nitrogens with zero attached hydrogens (tertiary/aromatic N) is 2. The molecule has 4 bridgehead atoms. The van der Waals surface area contributed by atoms with Crippen molar-refractivity contribution in [1.29, 1.82) is 0 Å². The van der Waals surface area contributed by atoms with Gasteiger partial charge in [0.2, 0.25) is 11.8 Å². The largest absolute Gasteiger partial charge is 0.351 e. The summed E-state index contributed by atoms with van der Waals surface area (Å²) in [6.07, 6.45) is 6.62.